The zero-order valence-corrected chi connectivity index (χ0v) is 12.6. The van der Waals surface area contributed by atoms with Crippen LogP contribution in [0, 0.1) is 0 Å². The van der Waals surface area contributed by atoms with E-state index in [1.165, 1.54) is 0 Å². The number of ether oxygens (including phenoxy) is 2. The maximum absolute atomic E-state index is 12.0. The van der Waals surface area contributed by atoms with Crippen molar-refractivity contribution in [2.45, 2.75) is 38.5 Å². The van der Waals surface area contributed by atoms with Crippen molar-refractivity contribution in [2.24, 2.45) is 4.99 Å². The van der Waals surface area contributed by atoms with Crippen molar-refractivity contribution in [1.29, 1.82) is 0 Å². The van der Waals surface area contributed by atoms with E-state index in [2.05, 4.69) is 4.99 Å². The normalized spacial score (nSPS) is 24.3. The minimum Gasteiger partial charge on any atom is -0.470 e. The molecule has 1 aromatic carbocycles. The number of carbonyl (C=O) groups excluding carboxylic acids is 1. The van der Waals surface area contributed by atoms with E-state index in [0.29, 0.717) is 19.0 Å². The number of nitrogens with zero attached hydrogens (tertiary/aromatic N) is 2. The average molecular weight is 288 g/mol. The summed E-state index contributed by atoms with van der Waals surface area (Å²) in [4.78, 5) is 18.3. The summed E-state index contributed by atoms with van der Waals surface area (Å²) < 4.78 is 11.3. The van der Waals surface area contributed by atoms with E-state index in [-0.39, 0.29) is 18.2 Å². The van der Waals surface area contributed by atoms with Gasteiger partial charge in [-0.25, -0.2) is 9.79 Å². The van der Waals surface area contributed by atoms with E-state index in [0.717, 1.165) is 5.56 Å². The van der Waals surface area contributed by atoms with Gasteiger partial charge in [-0.3, -0.25) is 0 Å². The second kappa shape index (κ2) is 5.06. The first kappa shape index (κ1) is 13.9. The van der Waals surface area contributed by atoms with Crippen LogP contribution in [0.4, 0.5) is 4.79 Å². The van der Waals surface area contributed by atoms with Crippen LogP contribution in [0.25, 0.3) is 0 Å². The lowest BCUT2D eigenvalue weighted by Crippen LogP contribution is -2.36. The van der Waals surface area contributed by atoms with Crippen molar-refractivity contribution in [1.82, 2.24) is 4.90 Å². The molecular weight excluding hydrogens is 268 g/mol. The first-order chi connectivity index (χ1) is 9.92. The standard InChI is InChI=1S/C16H20N2O3/c1-16(2,3)21-15(19)18-9-12-13(10-18)20-14(17-12)11-7-5-4-6-8-11/h4-8,12-13H,9-10H2,1-3H3. The molecule has 1 aromatic rings. The summed E-state index contributed by atoms with van der Waals surface area (Å²) in [6.45, 7) is 6.67. The molecule has 2 heterocycles. The van der Waals surface area contributed by atoms with Crippen molar-refractivity contribution >= 4 is 12.0 Å². The smallest absolute Gasteiger partial charge is 0.410 e. The summed E-state index contributed by atoms with van der Waals surface area (Å²) >= 11 is 0. The van der Waals surface area contributed by atoms with E-state index in [9.17, 15) is 4.79 Å². The maximum Gasteiger partial charge on any atom is 0.410 e. The summed E-state index contributed by atoms with van der Waals surface area (Å²) in [5.74, 6) is 0.675. The molecule has 5 heteroatoms. The topological polar surface area (TPSA) is 51.1 Å². The highest BCUT2D eigenvalue weighted by molar-refractivity contribution is 5.95. The summed E-state index contributed by atoms with van der Waals surface area (Å²) in [6.07, 6.45) is -0.357. The Balaban J connectivity index is 1.65. The Morgan fingerprint density at radius 3 is 2.62 bits per heavy atom. The third-order valence-electron chi connectivity index (χ3n) is 3.46. The van der Waals surface area contributed by atoms with Gasteiger partial charge in [0.1, 0.15) is 17.7 Å². The molecule has 112 valence electrons. The Morgan fingerprint density at radius 1 is 1.29 bits per heavy atom. The van der Waals surface area contributed by atoms with Crippen LogP contribution in [-0.4, -0.2) is 47.7 Å². The molecule has 0 aliphatic carbocycles. The van der Waals surface area contributed by atoms with Gasteiger partial charge in [-0.1, -0.05) is 18.2 Å². The predicted octanol–water partition coefficient (Wildman–Crippen LogP) is 2.45. The van der Waals surface area contributed by atoms with E-state index in [1.807, 2.05) is 51.1 Å². The fourth-order valence-corrected chi connectivity index (χ4v) is 2.52. The highest BCUT2D eigenvalue weighted by atomic mass is 16.6. The molecule has 3 rings (SSSR count). The van der Waals surface area contributed by atoms with Gasteiger partial charge in [-0.05, 0) is 32.9 Å². The maximum atomic E-state index is 12.0. The molecule has 0 radical (unpaired) electrons. The van der Waals surface area contributed by atoms with Crippen LogP contribution in [0.1, 0.15) is 26.3 Å². The number of carbonyl (C=O) groups is 1. The number of hydrogen-bond acceptors (Lipinski definition) is 4. The molecule has 21 heavy (non-hydrogen) atoms. The molecule has 1 amide bonds. The number of hydrogen-bond donors (Lipinski definition) is 0. The number of fused-ring (bicyclic) bond motifs is 1. The predicted molar refractivity (Wildman–Crippen MR) is 79.4 cm³/mol. The third kappa shape index (κ3) is 3.01. The van der Waals surface area contributed by atoms with Gasteiger partial charge in [-0.2, -0.15) is 0 Å². The SMILES string of the molecule is CC(C)(C)OC(=O)N1CC2N=C(c3ccccc3)OC2C1. The molecule has 1 saturated heterocycles. The molecule has 5 nitrogen and oxygen atoms in total. The van der Waals surface area contributed by atoms with Gasteiger partial charge in [0.05, 0.1) is 13.1 Å². The fraction of sp³-hybridized carbons (Fsp3) is 0.500. The lowest BCUT2D eigenvalue weighted by molar-refractivity contribution is 0.0272. The van der Waals surface area contributed by atoms with Crippen LogP contribution in [0.3, 0.4) is 0 Å². The zero-order valence-electron chi connectivity index (χ0n) is 12.6. The van der Waals surface area contributed by atoms with Crippen molar-refractivity contribution in [3.05, 3.63) is 35.9 Å². The largest absolute Gasteiger partial charge is 0.470 e. The Hall–Kier alpha value is -2.04. The number of benzene rings is 1. The quantitative estimate of drug-likeness (QED) is 0.797. The monoisotopic (exact) mass is 288 g/mol. The third-order valence-corrected chi connectivity index (χ3v) is 3.46. The molecule has 2 aliphatic rings. The zero-order chi connectivity index (χ0) is 15.0. The lowest BCUT2D eigenvalue weighted by atomic mass is 10.2. The van der Waals surface area contributed by atoms with Crippen LogP contribution in [0.5, 0.6) is 0 Å². The summed E-state index contributed by atoms with van der Waals surface area (Å²) in [7, 11) is 0. The van der Waals surface area contributed by atoms with Crippen LogP contribution in [-0.2, 0) is 9.47 Å². The average Bonchev–Trinajstić information content (AvgIpc) is 2.95. The minimum absolute atomic E-state index is 0.00715. The second-order valence-electron chi connectivity index (χ2n) is 6.41. The van der Waals surface area contributed by atoms with E-state index >= 15 is 0 Å². The molecule has 2 atom stereocenters. The molecule has 0 spiro atoms. The van der Waals surface area contributed by atoms with Gasteiger partial charge >= 0.3 is 6.09 Å². The van der Waals surface area contributed by atoms with Crippen LogP contribution < -0.4 is 0 Å². The van der Waals surface area contributed by atoms with Crippen molar-refractivity contribution in [2.75, 3.05) is 13.1 Å². The fourth-order valence-electron chi connectivity index (χ4n) is 2.52. The molecule has 0 saturated carbocycles. The molecule has 1 fully saturated rings. The first-order valence-corrected chi connectivity index (χ1v) is 7.20. The number of rotatable bonds is 1. The van der Waals surface area contributed by atoms with E-state index in [4.69, 9.17) is 9.47 Å². The number of likely N-dealkylation sites (tertiary alicyclic amines) is 1. The van der Waals surface area contributed by atoms with Crippen molar-refractivity contribution in [3.63, 3.8) is 0 Å². The van der Waals surface area contributed by atoms with Gasteiger partial charge in [0.2, 0.25) is 5.90 Å². The Bertz CT molecular complexity index is 563. The summed E-state index contributed by atoms with van der Waals surface area (Å²) in [5, 5.41) is 0. The molecule has 2 aliphatic heterocycles. The Morgan fingerprint density at radius 2 is 2.00 bits per heavy atom. The summed E-state index contributed by atoms with van der Waals surface area (Å²) in [5.41, 5.74) is 0.504. The van der Waals surface area contributed by atoms with Crippen LogP contribution in [0.15, 0.2) is 35.3 Å². The van der Waals surface area contributed by atoms with Gasteiger partial charge in [0, 0.05) is 5.56 Å². The first-order valence-electron chi connectivity index (χ1n) is 7.20. The van der Waals surface area contributed by atoms with Crippen molar-refractivity contribution < 1.29 is 14.3 Å². The second-order valence-corrected chi connectivity index (χ2v) is 6.41. The highest BCUT2D eigenvalue weighted by Crippen LogP contribution is 2.26. The lowest BCUT2D eigenvalue weighted by Gasteiger charge is -2.24. The van der Waals surface area contributed by atoms with E-state index in [1.54, 1.807) is 4.90 Å². The van der Waals surface area contributed by atoms with Crippen LogP contribution >= 0.6 is 0 Å². The molecule has 0 N–H and O–H groups in total. The minimum atomic E-state index is -0.478. The Kier molecular flexibility index (Phi) is 3.35. The van der Waals surface area contributed by atoms with Gasteiger partial charge in [-0.15, -0.1) is 0 Å². The molecule has 0 bridgehead atoms. The molecular formula is C16H20N2O3. The van der Waals surface area contributed by atoms with Crippen molar-refractivity contribution in [3.8, 4) is 0 Å². The molecule has 2 unspecified atom stereocenters. The van der Waals surface area contributed by atoms with Gasteiger partial charge in [0.15, 0.2) is 0 Å². The molecule has 0 aromatic heterocycles. The number of amides is 1. The Labute approximate surface area is 124 Å². The highest BCUT2D eigenvalue weighted by Gasteiger charge is 2.42. The van der Waals surface area contributed by atoms with Gasteiger partial charge < -0.3 is 14.4 Å². The van der Waals surface area contributed by atoms with Crippen LogP contribution in [0.2, 0.25) is 0 Å². The van der Waals surface area contributed by atoms with Gasteiger partial charge in [0.25, 0.3) is 0 Å². The van der Waals surface area contributed by atoms with E-state index < -0.39 is 5.60 Å². The number of aliphatic imine (C=N–C) groups is 1. The summed E-state index contributed by atoms with van der Waals surface area (Å²) in [6, 6.07) is 9.85.